The molecule has 2 N–H and O–H groups in total. The number of aromatic hydroxyl groups is 1. The van der Waals surface area contributed by atoms with Crippen molar-refractivity contribution >= 4 is 62.5 Å². The number of piperidine rings is 2. The van der Waals surface area contributed by atoms with Crippen molar-refractivity contribution < 1.29 is 24.4 Å². The number of nitrogens with zero attached hydrogens (tertiary/aromatic N) is 6. The van der Waals surface area contributed by atoms with Crippen LogP contribution >= 0.6 is 23.2 Å². The number of phenolic OH excluding ortho intramolecular Hbond substituents is 1. The van der Waals surface area contributed by atoms with Crippen LogP contribution in [0.1, 0.15) is 66.3 Å². The summed E-state index contributed by atoms with van der Waals surface area (Å²) in [5, 5.41) is 21.9. The van der Waals surface area contributed by atoms with Gasteiger partial charge in [-0.1, -0.05) is 90.8 Å². The van der Waals surface area contributed by atoms with Gasteiger partial charge in [0.1, 0.15) is 11.5 Å². The molecule has 2 fully saturated rings. The number of rotatable bonds is 8. The molecule has 2 unspecified atom stereocenters. The Morgan fingerprint density at radius 1 is 0.620 bits per heavy atom. The third kappa shape index (κ3) is 10.4. The number of ether oxygens (including phenoxy) is 3. The van der Waals surface area contributed by atoms with E-state index in [0.29, 0.717) is 28.2 Å². The van der Waals surface area contributed by atoms with Crippen molar-refractivity contribution in [2.24, 2.45) is 0 Å². The molecule has 5 heterocycles. The molecule has 3 aliphatic rings. The van der Waals surface area contributed by atoms with Gasteiger partial charge in [-0.15, -0.1) is 6.42 Å². The molecular formula is C58H54Cl2N6O5. The number of methoxy groups -OCH3 is 2. The number of benzene rings is 6. The highest BCUT2D eigenvalue weighted by atomic mass is 35.5. The number of fused-ring (bicyclic) bond motifs is 4. The van der Waals surface area contributed by atoms with Crippen LogP contribution in [-0.2, 0) is 11.2 Å². The first-order chi connectivity index (χ1) is 34.6. The van der Waals surface area contributed by atoms with Gasteiger partial charge >= 0.3 is 0 Å². The van der Waals surface area contributed by atoms with Crippen molar-refractivity contribution in [2.75, 3.05) is 50.2 Å². The second-order valence-corrected chi connectivity index (χ2v) is 18.2. The van der Waals surface area contributed by atoms with Crippen LogP contribution in [0.4, 0.5) is 11.4 Å². The highest BCUT2D eigenvalue weighted by molar-refractivity contribution is 6.29. The molecule has 2 atom stereocenters. The van der Waals surface area contributed by atoms with Crippen molar-refractivity contribution in [3.8, 4) is 35.6 Å². The Kier molecular flexibility index (Phi) is 14.9. The van der Waals surface area contributed by atoms with Gasteiger partial charge in [-0.3, -0.25) is 0 Å². The van der Waals surface area contributed by atoms with E-state index in [-0.39, 0.29) is 16.3 Å². The Labute approximate surface area is 424 Å². The maximum atomic E-state index is 10.9. The number of anilines is 2. The Morgan fingerprint density at radius 2 is 1.14 bits per heavy atom. The molecule has 2 saturated heterocycles. The standard InChI is InChI=1S/C29H26ClN3O2.C20H21NO.C9H7ClN2O2/c1-34-27-26-23-16-17-29(20-8-4-2-5-9-20,35-25(23)15-14-24(26)31-28(30)32-27)21-10-12-22(13-11-21)33-18-6-3-7-19-33;1-2-20(22,17-9-5-3-6-10-17)18-11-13-19(14-12-18)21-15-7-4-8-16-21;1-14-8-6-4-5(13)2-3-7(6)11-9(10)12-8/h2,4-5,8-17H,3,6-7,18-19H2,1H3;1,3,5-6,9-14,22H,4,7-8,15-16H2;2-4,13H,1H3. The molecule has 71 heavy (non-hydrogen) atoms. The lowest BCUT2D eigenvalue weighted by Crippen LogP contribution is -2.34. The summed E-state index contributed by atoms with van der Waals surface area (Å²) >= 11 is 11.8. The lowest BCUT2D eigenvalue weighted by Gasteiger charge is -2.37. The fraction of sp³-hybridized carbons (Fsp3) is 0.241. The van der Waals surface area contributed by atoms with Gasteiger partial charge in [-0.2, -0.15) is 9.97 Å². The van der Waals surface area contributed by atoms with Crippen LogP contribution in [0.3, 0.4) is 0 Å². The van der Waals surface area contributed by atoms with Gasteiger partial charge in [0, 0.05) is 65.4 Å². The van der Waals surface area contributed by atoms with E-state index in [9.17, 15) is 10.2 Å². The largest absolute Gasteiger partial charge is 0.508 e. The first-order valence-corrected chi connectivity index (χ1v) is 24.5. The van der Waals surface area contributed by atoms with Crippen molar-refractivity contribution in [1.82, 2.24) is 19.9 Å². The van der Waals surface area contributed by atoms with Crippen LogP contribution in [-0.4, -0.2) is 70.5 Å². The molecule has 8 aromatic rings. The summed E-state index contributed by atoms with van der Waals surface area (Å²) in [4.78, 5) is 21.4. The smallest absolute Gasteiger partial charge is 0.226 e. The van der Waals surface area contributed by atoms with E-state index in [0.717, 1.165) is 65.1 Å². The SMILES string of the molecule is C#CC(O)(c1ccccc1)c1ccc(N2CCCCC2)cc1.COc1nc(Cl)nc2ccc(O)cc12.COc1nc(Cl)nc2ccc3c(c12)C=CC(c1ccccc1)(c1ccc(N2CCCCC2)cc1)O3. The molecule has 0 aliphatic carbocycles. The second-order valence-electron chi connectivity index (χ2n) is 17.5. The molecule has 0 radical (unpaired) electrons. The molecule has 13 heteroatoms. The van der Waals surface area contributed by atoms with Gasteiger partial charge in [0.15, 0.2) is 11.2 Å². The average molecular weight is 986 g/mol. The predicted octanol–water partition coefficient (Wildman–Crippen LogP) is 12.2. The van der Waals surface area contributed by atoms with Gasteiger partial charge in [0.25, 0.3) is 0 Å². The normalized spacial score (nSPS) is 17.0. The fourth-order valence-electron chi connectivity index (χ4n) is 9.51. The second kappa shape index (κ2) is 21.7. The molecule has 360 valence electrons. The fourth-order valence-corrected chi connectivity index (χ4v) is 9.85. The quantitative estimate of drug-likeness (QED) is 0.112. The molecule has 11 rings (SSSR count). The molecule has 0 saturated carbocycles. The van der Waals surface area contributed by atoms with E-state index in [4.69, 9.17) is 43.8 Å². The lowest BCUT2D eigenvalue weighted by molar-refractivity contribution is 0.145. The number of hydrogen-bond donors (Lipinski definition) is 2. The zero-order chi connectivity index (χ0) is 49.4. The predicted molar refractivity (Wildman–Crippen MR) is 284 cm³/mol. The Balaban J connectivity index is 0.000000147. The molecule has 2 aromatic heterocycles. The number of halogens is 2. The minimum Gasteiger partial charge on any atom is -0.508 e. The number of aliphatic hydroxyl groups is 1. The summed E-state index contributed by atoms with van der Waals surface area (Å²) in [6, 6.07) is 45.1. The van der Waals surface area contributed by atoms with Gasteiger partial charge in [0.2, 0.25) is 22.3 Å². The monoisotopic (exact) mass is 984 g/mol. The zero-order valence-corrected chi connectivity index (χ0v) is 41.2. The number of aromatic nitrogens is 4. The first-order valence-electron chi connectivity index (χ1n) is 23.8. The molecule has 0 amide bonds. The van der Waals surface area contributed by atoms with E-state index in [2.05, 4.69) is 96.3 Å². The topological polar surface area (TPSA) is 126 Å². The van der Waals surface area contributed by atoms with Crippen LogP contribution in [0, 0.1) is 12.3 Å². The molecule has 11 nitrogen and oxygen atoms in total. The van der Waals surface area contributed by atoms with E-state index >= 15 is 0 Å². The van der Waals surface area contributed by atoms with Gasteiger partial charge in [0.05, 0.1) is 36.0 Å². The van der Waals surface area contributed by atoms with Crippen LogP contribution in [0.25, 0.3) is 27.9 Å². The zero-order valence-electron chi connectivity index (χ0n) is 39.6. The maximum Gasteiger partial charge on any atom is 0.226 e. The van der Waals surface area contributed by atoms with Gasteiger partial charge in [-0.05, 0) is 128 Å². The van der Waals surface area contributed by atoms with E-state index in [1.54, 1.807) is 13.2 Å². The minimum atomic E-state index is -1.37. The number of terminal acetylenes is 1. The van der Waals surface area contributed by atoms with E-state index < -0.39 is 11.2 Å². The van der Waals surface area contributed by atoms with Crippen molar-refractivity contribution in [3.63, 3.8) is 0 Å². The molecule has 0 spiro atoms. The highest BCUT2D eigenvalue weighted by Crippen LogP contribution is 2.46. The maximum absolute atomic E-state index is 10.9. The van der Waals surface area contributed by atoms with Crippen LogP contribution in [0.2, 0.25) is 10.6 Å². The van der Waals surface area contributed by atoms with Gasteiger partial charge < -0.3 is 34.2 Å². The molecule has 6 aromatic carbocycles. The highest BCUT2D eigenvalue weighted by Gasteiger charge is 2.38. The van der Waals surface area contributed by atoms with Crippen LogP contribution in [0.15, 0.2) is 146 Å². The molecule has 3 aliphatic heterocycles. The van der Waals surface area contributed by atoms with E-state index in [1.165, 1.54) is 69.1 Å². The summed E-state index contributed by atoms with van der Waals surface area (Å²) < 4.78 is 17.4. The number of hydrogen-bond acceptors (Lipinski definition) is 11. The summed E-state index contributed by atoms with van der Waals surface area (Å²) in [7, 11) is 3.07. The summed E-state index contributed by atoms with van der Waals surface area (Å²) in [6.07, 6.45) is 17.5. The van der Waals surface area contributed by atoms with E-state index in [1.807, 2.05) is 72.8 Å². The Hall–Kier alpha value is -7.36. The van der Waals surface area contributed by atoms with Gasteiger partial charge in [-0.25, -0.2) is 9.97 Å². The third-order valence-corrected chi connectivity index (χ3v) is 13.5. The summed E-state index contributed by atoms with van der Waals surface area (Å²) in [6.45, 7) is 4.46. The molecular weight excluding hydrogens is 932 g/mol. The summed E-state index contributed by atoms with van der Waals surface area (Å²) in [5.74, 6) is 4.23. The van der Waals surface area contributed by atoms with Crippen molar-refractivity contribution in [3.05, 3.63) is 184 Å². The lowest BCUT2D eigenvalue weighted by atomic mass is 9.83. The molecule has 0 bridgehead atoms. The average Bonchev–Trinajstić information content (AvgIpc) is 3.43. The van der Waals surface area contributed by atoms with Crippen LogP contribution in [0.5, 0.6) is 23.3 Å². The third-order valence-electron chi connectivity index (χ3n) is 13.2. The Bertz CT molecular complexity index is 3180. The van der Waals surface area contributed by atoms with Crippen molar-refractivity contribution in [1.29, 1.82) is 0 Å². The minimum absolute atomic E-state index is 0.125. The summed E-state index contributed by atoms with van der Waals surface area (Å²) in [5.41, 5.74) is 6.17. The van der Waals surface area contributed by atoms with Crippen LogP contribution < -0.4 is 24.0 Å². The number of phenols is 1. The first kappa shape index (κ1) is 48.7. The Morgan fingerprint density at radius 3 is 1.73 bits per heavy atom. The van der Waals surface area contributed by atoms with Crippen molar-refractivity contribution in [2.45, 2.75) is 49.7 Å².